The van der Waals surface area contributed by atoms with Crippen molar-refractivity contribution in [3.05, 3.63) is 58.6 Å². The number of rotatable bonds is 5. The van der Waals surface area contributed by atoms with Crippen LogP contribution in [-0.2, 0) is 6.54 Å². The highest BCUT2D eigenvalue weighted by atomic mass is 79.9. The average Bonchev–Trinajstić information content (AvgIpc) is 2.39. The molecule has 0 radical (unpaired) electrons. The van der Waals surface area contributed by atoms with Gasteiger partial charge in [0, 0.05) is 28.9 Å². The molecular formula is C16H19BrN2. The average molecular weight is 319 g/mol. The first-order valence-corrected chi connectivity index (χ1v) is 7.33. The van der Waals surface area contributed by atoms with Gasteiger partial charge in [0.05, 0.1) is 0 Å². The Morgan fingerprint density at radius 1 is 1.11 bits per heavy atom. The van der Waals surface area contributed by atoms with E-state index in [0.29, 0.717) is 0 Å². The number of nitrogens with two attached hydrogens (primary N) is 1. The molecule has 0 spiro atoms. The SMILES string of the molecule is CCCN(Cc1cccc(Br)c1)c1ccc(N)cc1. The summed E-state index contributed by atoms with van der Waals surface area (Å²) in [5, 5.41) is 0. The molecule has 2 aromatic rings. The van der Waals surface area contributed by atoms with E-state index in [1.807, 2.05) is 12.1 Å². The number of hydrogen-bond acceptors (Lipinski definition) is 2. The molecule has 0 unspecified atom stereocenters. The molecule has 2 nitrogen and oxygen atoms in total. The minimum Gasteiger partial charge on any atom is -0.399 e. The molecule has 0 aliphatic rings. The molecule has 0 saturated heterocycles. The molecule has 0 fully saturated rings. The maximum absolute atomic E-state index is 5.75. The van der Waals surface area contributed by atoms with Gasteiger partial charge in [0.15, 0.2) is 0 Å². The topological polar surface area (TPSA) is 29.3 Å². The Balaban J connectivity index is 2.18. The Morgan fingerprint density at radius 2 is 1.84 bits per heavy atom. The lowest BCUT2D eigenvalue weighted by Gasteiger charge is -2.24. The van der Waals surface area contributed by atoms with Crippen LogP contribution < -0.4 is 10.6 Å². The summed E-state index contributed by atoms with van der Waals surface area (Å²) >= 11 is 3.52. The summed E-state index contributed by atoms with van der Waals surface area (Å²) in [6.07, 6.45) is 1.12. The first kappa shape index (κ1) is 13.9. The van der Waals surface area contributed by atoms with Crippen molar-refractivity contribution in [3.8, 4) is 0 Å². The molecule has 3 heteroatoms. The molecule has 0 atom stereocenters. The zero-order valence-electron chi connectivity index (χ0n) is 11.1. The van der Waals surface area contributed by atoms with Crippen molar-refractivity contribution in [2.75, 3.05) is 17.2 Å². The smallest absolute Gasteiger partial charge is 0.0429 e. The standard InChI is InChI=1S/C16H19BrN2/c1-2-10-19(16-8-6-15(18)7-9-16)12-13-4-3-5-14(17)11-13/h3-9,11H,2,10,12,18H2,1H3. The Hall–Kier alpha value is -1.48. The van der Waals surface area contributed by atoms with Crippen LogP contribution in [0, 0.1) is 0 Å². The van der Waals surface area contributed by atoms with Crippen molar-refractivity contribution >= 4 is 27.3 Å². The third-order valence-corrected chi connectivity index (χ3v) is 3.51. The van der Waals surface area contributed by atoms with Crippen molar-refractivity contribution in [3.63, 3.8) is 0 Å². The molecular weight excluding hydrogens is 300 g/mol. The molecule has 0 aromatic heterocycles. The summed E-state index contributed by atoms with van der Waals surface area (Å²) in [6, 6.07) is 16.5. The minimum atomic E-state index is 0.808. The van der Waals surface area contributed by atoms with E-state index in [4.69, 9.17) is 5.73 Å². The van der Waals surface area contributed by atoms with Gasteiger partial charge in [-0.15, -0.1) is 0 Å². The van der Waals surface area contributed by atoms with Crippen LogP contribution in [0.5, 0.6) is 0 Å². The second-order valence-corrected chi connectivity index (χ2v) is 5.56. The first-order chi connectivity index (χ1) is 9.19. The highest BCUT2D eigenvalue weighted by Crippen LogP contribution is 2.20. The van der Waals surface area contributed by atoms with E-state index >= 15 is 0 Å². The number of anilines is 2. The zero-order valence-corrected chi connectivity index (χ0v) is 12.7. The molecule has 0 heterocycles. The highest BCUT2D eigenvalue weighted by Gasteiger charge is 2.06. The lowest BCUT2D eigenvalue weighted by atomic mass is 10.2. The van der Waals surface area contributed by atoms with E-state index in [0.717, 1.165) is 29.7 Å². The molecule has 0 aliphatic heterocycles. The summed E-state index contributed by atoms with van der Waals surface area (Å²) in [7, 11) is 0. The van der Waals surface area contributed by atoms with Gasteiger partial charge in [-0.1, -0.05) is 35.0 Å². The third-order valence-electron chi connectivity index (χ3n) is 3.01. The van der Waals surface area contributed by atoms with Crippen molar-refractivity contribution in [2.24, 2.45) is 0 Å². The Labute approximate surface area is 123 Å². The fraction of sp³-hybridized carbons (Fsp3) is 0.250. The van der Waals surface area contributed by atoms with Gasteiger partial charge >= 0.3 is 0 Å². The minimum absolute atomic E-state index is 0.808. The molecule has 2 N–H and O–H groups in total. The van der Waals surface area contributed by atoms with Crippen molar-refractivity contribution < 1.29 is 0 Å². The van der Waals surface area contributed by atoms with Gasteiger partial charge in [-0.05, 0) is 48.4 Å². The van der Waals surface area contributed by atoms with Gasteiger partial charge in [-0.25, -0.2) is 0 Å². The molecule has 0 amide bonds. The summed E-state index contributed by atoms with van der Waals surface area (Å²) < 4.78 is 1.12. The summed E-state index contributed by atoms with van der Waals surface area (Å²) in [5.41, 5.74) is 9.08. The lowest BCUT2D eigenvalue weighted by Crippen LogP contribution is -2.23. The van der Waals surface area contributed by atoms with Crippen LogP contribution in [0.4, 0.5) is 11.4 Å². The predicted octanol–water partition coefficient (Wildman–Crippen LogP) is 4.45. The number of benzene rings is 2. The number of halogens is 1. The van der Waals surface area contributed by atoms with Crippen LogP contribution in [0.2, 0.25) is 0 Å². The Bertz CT molecular complexity index is 523. The largest absolute Gasteiger partial charge is 0.399 e. The Kier molecular flexibility index (Phi) is 4.86. The highest BCUT2D eigenvalue weighted by molar-refractivity contribution is 9.10. The van der Waals surface area contributed by atoms with Crippen LogP contribution in [0.1, 0.15) is 18.9 Å². The zero-order chi connectivity index (χ0) is 13.7. The summed E-state index contributed by atoms with van der Waals surface area (Å²) in [5.74, 6) is 0. The normalized spacial score (nSPS) is 10.4. The molecule has 0 saturated carbocycles. The maximum Gasteiger partial charge on any atom is 0.0429 e. The van der Waals surface area contributed by atoms with Crippen LogP contribution in [-0.4, -0.2) is 6.54 Å². The van der Waals surface area contributed by atoms with E-state index in [2.05, 4.69) is 64.2 Å². The number of nitrogens with zero attached hydrogens (tertiary/aromatic N) is 1. The Morgan fingerprint density at radius 3 is 2.47 bits per heavy atom. The molecule has 0 bridgehead atoms. The van der Waals surface area contributed by atoms with Gasteiger partial charge in [0.2, 0.25) is 0 Å². The molecule has 2 rings (SSSR count). The summed E-state index contributed by atoms with van der Waals surface area (Å²) in [4.78, 5) is 2.38. The van der Waals surface area contributed by atoms with Crippen LogP contribution in [0.25, 0.3) is 0 Å². The fourth-order valence-corrected chi connectivity index (χ4v) is 2.56. The summed E-state index contributed by atoms with van der Waals surface area (Å²) in [6.45, 7) is 4.15. The van der Waals surface area contributed by atoms with Crippen LogP contribution in [0.3, 0.4) is 0 Å². The lowest BCUT2D eigenvalue weighted by molar-refractivity contribution is 0.767. The third kappa shape index (κ3) is 4.00. The molecule has 19 heavy (non-hydrogen) atoms. The number of hydrogen-bond donors (Lipinski definition) is 1. The van der Waals surface area contributed by atoms with Crippen LogP contribution >= 0.6 is 15.9 Å². The van der Waals surface area contributed by atoms with Gasteiger partial charge in [-0.2, -0.15) is 0 Å². The van der Waals surface area contributed by atoms with Crippen LogP contribution in [0.15, 0.2) is 53.0 Å². The fourth-order valence-electron chi connectivity index (χ4n) is 2.11. The van der Waals surface area contributed by atoms with E-state index in [1.165, 1.54) is 11.3 Å². The van der Waals surface area contributed by atoms with E-state index in [-0.39, 0.29) is 0 Å². The maximum atomic E-state index is 5.75. The molecule has 100 valence electrons. The van der Waals surface area contributed by atoms with E-state index in [1.54, 1.807) is 0 Å². The van der Waals surface area contributed by atoms with Gasteiger partial charge in [-0.3, -0.25) is 0 Å². The first-order valence-electron chi connectivity index (χ1n) is 6.54. The molecule has 2 aromatic carbocycles. The van der Waals surface area contributed by atoms with Crippen molar-refractivity contribution in [1.29, 1.82) is 0 Å². The predicted molar refractivity (Wildman–Crippen MR) is 86.3 cm³/mol. The van der Waals surface area contributed by atoms with E-state index in [9.17, 15) is 0 Å². The second kappa shape index (κ2) is 6.62. The quantitative estimate of drug-likeness (QED) is 0.825. The van der Waals surface area contributed by atoms with E-state index < -0.39 is 0 Å². The number of nitrogen functional groups attached to an aromatic ring is 1. The van der Waals surface area contributed by atoms with Gasteiger partial charge in [0.1, 0.15) is 0 Å². The van der Waals surface area contributed by atoms with Gasteiger partial charge < -0.3 is 10.6 Å². The van der Waals surface area contributed by atoms with Crippen molar-refractivity contribution in [2.45, 2.75) is 19.9 Å². The van der Waals surface area contributed by atoms with Gasteiger partial charge in [0.25, 0.3) is 0 Å². The molecule has 0 aliphatic carbocycles. The second-order valence-electron chi connectivity index (χ2n) is 4.64. The van der Waals surface area contributed by atoms with Crippen molar-refractivity contribution in [1.82, 2.24) is 0 Å². The monoisotopic (exact) mass is 318 g/mol.